The molecule has 1 N–H and O–H groups in total. The number of hydrogen-bond acceptors (Lipinski definition) is 3. The molecule has 2 aromatic rings. The summed E-state index contributed by atoms with van der Waals surface area (Å²) in [6, 6.07) is 10.9. The Hall–Kier alpha value is -1.77. The summed E-state index contributed by atoms with van der Waals surface area (Å²) < 4.78 is 19.1. The predicted molar refractivity (Wildman–Crippen MR) is 82.1 cm³/mol. The second-order valence-electron chi connectivity index (χ2n) is 5.31. The van der Waals surface area contributed by atoms with Gasteiger partial charge in [0, 0.05) is 24.8 Å². The second kappa shape index (κ2) is 5.92. The van der Waals surface area contributed by atoms with Gasteiger partial charge < -0.3 is 4.57 Å². The number of aromatic nitrogens is 1. The maximum Gasteiger partial charge on any atom is 0.138 e. The molecule has 0 amide bonds. The highest BCUT2D eigenvalue weighted by molar-refractivity contribution is 7.97. The number of rotatable bonds is 5. The number of benzene rings is 1. The Morgan fingerprint density at radius 2 is 2.19 bits per heavy atom. The third-order valence-electron chi connectivity index (χ3n) is 3.72. The van der Waals surface area contributed by atoms with E-state index in [1.807, 2.05) is 19.2 Å². The molecule has 1 saturated carbocycles. The van der Waals surface area contributed by atoms with Gasteiger partial charge in [0.25, 0.3) is 0 Å². The summed E-state index contributed by atoms with van der Waals surface area (Å²) in [5, 5.41) is 8.97. The van der Waals surface area contributed by atoms with E-state index in [4.69, 9.17) is 5.26 Å². The summed E-state index contributed by atoms with van der Waals surface area (Å²) >= 11 is 1.35. The van der Waals surface area contributed by atoms with Gasteiger partial charge in [0.2, 0.25) is 0 Å². The lowest BCUT2D eigenvalue weighted by atomic mass is 10.1. The summed E-state index contributed by atoms with van der Waals surface area (Å²) in [6.07, 6.45) is 2.56. The van der Waals surface area contributed by atoms with Crippen LogP contribution in [0.1, 0.15) is 18.5 Å². The van der Waals surface area contributed by atoms with E-state index in [9.17, 15) is 4.39 Å². The fraction of sp³-hybridized carbons (Fsp3) is 0.312. The molecule has 0 bridgehead atoms. The van der Waals surface area contributed by atoms with E-state index >= 15 is 0 Å². The Balaban J connectivity index is 1.76. The number of nitrogens with zero attached hydrogens (tertiary/aromatic N) is 2. The van der Waals surface area contributed by atoms with Gasteiger partial charge >= 0.3 is 0 Å². The zero-order valence-electron chi connectivity index (χ0n) is 11.8. The van der Waals surface area contributed by atoms with Crippen molar-refractivity contribution in [3.05, 3.63) is 41.8 Å². The quantitative estimate of drug-likeness (QED) is 0.856. The minimum absolute atomic E-state index is 0.236. The summed E-state index contributed by atoms with van der Waals surface area (Å²) in [5.41, 5.74) is 2.19. The number of hydrogen-bond donors (Lipinski definition) is 1. The fourth-order valence-electron chi connectivity index (χ4n) is 2.22. The molecule has 3 rings (SSSR count). The van der Waals surface area contributed by atoms with Crippen molar-refractivity contribution in [2.45, 2.75) is 17.7 Å². The maximum atomic E-state index is 14.2. The largest absolute Gasteiger partial charge is 0.335 e. The van der Waals surface area contributed by atoms with Gasteiger partial charge in [-0.15, -0.1) is 0 Å². The van der Waals surface area contributed by atoms with Crippen molar-refractivity contribution in [1.82, 2.24) is 9.29 Å². The Morgan fingerprint density at radius 1 is 1.38 bits per heavy atom. The van der Waals surface area contributed by atoms with E-state index in [0.717, 1.165) is 23.7 Å². The van der Waals surface area contributed by atoms with Crippen molar-refractivity contribution in [2.75, 3.05) is 6.54 Å². The molecule has 0 atom stereocenters. The second-order valence-corrected chi connectivity index (χ2v) is 6.25. The molecule has 0 spiro atoms. The van der Waals surface area contributed by atoms with E-state index in [1.54, 1.807) is 16.7 Å². The summed E-state index contributed by atoms with van der Waals surface area (Å²) in [5.74, 6) is 0.535. The monoisotopic (exact) mass is 301 g/mol. The molecule has 108 valence electrons. The summed E-state index contributed by atoms with van der Waals surface area (Å²) in [7, 11) is 1.81. The maximum absolute atomic E-state index is 14.2. The molecule has 0 radical (unpaired) electrons. The Bertz CT molecular complexity index is 698. The molecule has 3 nitrogen and oxygen atoms in total. The van der Waals surface area contributed by atoms with E-state index < -0.39 is 0 Å². The lowest BCUT2D eigenvalue weighted by molar-refractivity contribution is 0.601. The number of nitriles is 1. The Labute approximate surface area is 127 Å². The first-order valence-corrected chi connectivity index (χ1v) is 7.76. The molecule has 5 heteroatoms. The van der Waals surface area contributed by atoms with Gasteiger partial charge in [0.05, 0.1) is 4.90 Å². The van der Waals surface area contributed by atoms with Crippen molar-refractivity contribution in [3.63, 3.8) is 0 Å². The van der Waals surface area contributed by atoms with Gasteiger partial charge in [0.1, 0.15) is 17.6 Å². The first-order valence-electron chi connectivity index (χ1n) is 6.94. The van der Waals surface area contributed by atoms with Crippen molar-refractivity contribution in [2.24, 2.45) is 13.0 Å². The number of nitrogens with one attached hydrogen (secondary N) is 1. The average molecular weight is 301 g/mol. The molecule has 1 aromatic heterocycles. The molecule has 21 heavy (non-hydrogen) atoms. The molecule has 0 unspecified atom stereocenters. The van der Waals surface area contributed by atoms with Gasteiger partial charge in [-0.05, 0) is 55.0 Å². The molecule has 0 aliphatic heterocycles. The van der Waals surface area contributed by atoms with E-state index in [2.05, 4.69) is 10.8 Å². The third kappa shape index (κ3) is 3.12. The Kier molecular flexibility index (Phi) is 4.00. The molecule has 1 aromatic carbocycles. The zero-order chi connectivity index (χ0) is 14.8. The molecule has 0 saturated heterocycles. The normalized spacial score (nSPS) is 14.1. The van der Waals surface area contributed by atoms with E-state index in [0.29, 0.717) is 10.6 Å². The molecular weight excluding hydrogens is 285 g/mol. The highest BCUT2D eigenvalue weighted by Crippen LogP contribution is 2.30. The summed E-state index contributed by atoms with van der Waals surface area (Å²) in [6.45, 7) is 0.940. The summed E-state index contributed by atoms with van der Waals surface area (Å²) in [4.78, 5) is 0.606. The molecule has 1 aliphatic carbocycles. The van der Waals surface area contributed by atoms with E-state index in [-0.39, 0.29) is 5.82 Å². The van der Waals surface area contributed by atoms with Crippen LogP contribution in [0.15, 0.2) is 35.2 Å². The molecule has 1 fully saturated rings. The standard InChI is InChI=1S/C16H16FN3S/c1-20-13(9-18)5-6-15(20)12-4-7-16(14(17)8-12)21-19-10-11-2-3-11/h4-8,11,19H,2-3,10H2,1H3. The van der Waals surface area contributed by atoms with E-state index in [1.165, 1.54) is 30.9 Å². The van der Waals surface area contributed by atoms with Crippen LogP contribution in [0.4, 0.5) is 4.39 Å². The van der Waals surface area contributed by atoms with Crippen LogP contribution in [0.3, 0.4) is 0 Å². The minimum Gasteiger partial charge on any atom is -0.335 e. The minimum atomic E-state index is -0.236. The van der Waals surface area contributed by atoms with Crippen LogP contribution >= 0.6 is 11.9 Å². The first-order chi connectivity index (χ1) is 10.2. The smallest absolute Gasteiger partial charge is 0.138 e. The van der Waals surface area contributed by atoms with Crippen LogP contribution in [-0.2, 0) is 7.05 Å². The lowest BCUT2D eigenvalue weighted by Gasteiger charge is -2.08. The highest BCUT2D eigenvalue weighted by Gasteiger charge is 2.20. The lowest BCUT2D eigenvalue weighted by Crippen LogP contribution is -2.07. The van der Waals surface area contributed by atoms with Gasteiger partial charge in [-0.1, -0.05) is 6.07 Å². The van der Waals surface area contributed by atoms with Gasteiger partial charge in [-0.2, -0.15) is 5.26 Å². The van der Waals surface area contributed by atoms with Crippen LogP contribution in [0, 0.1) is 23.1 Å². The zero-order valence-corrected chi connectivity index (χ0v) is 12.6. The van der Waals surface area contributed by atoms with Crippen LogP contribution in [0.5, 0.6) is 0 Å². The molecule has 1 aliphatic rings. The molecule has 1 heterocycles. The third-order valence-corrected chi connectivity index (χ3v) is 4.58. The van der Waals surface area contributed by atoms with Crippen molar-refractivity contribution < 1.29 is 4.39 Å². The SMILES string of the molecule is Cn1c(C#N)ccc1-c1ccc(SNCC2CC2)c(F)c1. The number of halogens is 1. The van der Waals surface area contributed by atoms with Gasteiger partial charge in [-0.3, -0.25) is 4.72 Å². The topological polar surface area (TPSA) is 40.8 Å². The van der Waals surface area contributed by atoms with Crippen LogP contribution in [-0.4, -0.2) is 11.1 Å². The van der Waals surface area contributed by atoms with Gasteiger partial charge in [-0.25, -0.2) is 4.39 Å². The van der Waals surface area contributed by atoms with Crippen LogP contribution in [0.2, 0.25) is 0 Å². The Morgan fingerprint density at radius 3 is 2.81 bits per heavy atom. The predicted octanol–water partition coefficient (Wildman–Crippen LogP) is 3.71. The van der Waals surface area contributed by atoms with Crippen molar-refractivity contribution >= 4 is 11.9 Å². The van der Waals surface area contributed by atoms with Crippen LogP contribution < -0.4 is 4.72 Å². The van der Waals surface area contributed by atoms with Crippen molar-refractivity contribution in [1.29, 1.82) is 5.26 Å². The first kappa shape index (κ1) is 14.2. The average Bonchev–Trinajstić information content (AvgIpc) is 3.22. The van der Waals surface area contributed by atoms with Crippen molar-refractivity contribution in [3.8, 4) is 17.3 Å². The van der Waals surface area contributed by atoms with Gasteiger partial charge in [0.15, 0.2) is 0 Å². The van der Waals surface area contributed by atoms with Crippen LogP contribution in [0.25, 0.3) is 11.3 Å². The fourth-order valence-corrected chi connectivity index (χ4v) is 2.98. The molecular formula is C16H16FN3S. The highest BCUT2D eigenvalue weighted by atomic mass is 32.2.